The SMILES string of the molecule is COc1cc(-c2ccc(/C=C/c3nc4n(n3)CCCC4c3ccccc3C(F)(F)F)cc2OC)ccn1. The van der Waals surface area contributed by atoms with E-state index in [-0.39, 0.29) is 5.56 Å². The van der Waals surface area contributed by atoms with Crippen molar-refractivity contribution in [2.24, 2.45) is 0 Å². The van der Waals surface area contributed by atoms with Gasteiger partial charge in [-0.1, -0.05) is 36.4 Å². The molecule has 5 rings (SSSR count). The van der Waals surface area contributed by atoms with Crippen molar-refractivity contribution in [3.05, 3.63) is 89.1 Å². The molecule has 0 aliphatic carbocycles. The average Bonchev–Trinajstić information content (AvgIpc) is 3.34. The van der Waals surface area contributed by atoms with Crippen LogP contribution >= 0.6 is 0 Å². The number of methoxy groups -OCH3 is 2. The second-order valence-corrected chi connectivity index (χ2v) is 8.71. The van der Waals surface area contributed by atoms with E-state index in [4.69, 9.17) is 9.47 Å². The Morgan fingerprint density at radius 1 is 1.00 bits per heavy atom. The molecule has 0 radical (unpaired) electrons. The molecule has 0 N–H and O–H groups in total. The monoisotopic (exact) mass is 506 g/mol. The molecule has 4 aromatic rings. The van der Waals surface area contributed by atoms with Gasteiger partial charge >= 0.3 is 6.18 Å². The van der Waals surface area contributed by atoms with Gasteiger partial charge in [-0.05, 0) is 53.8 Å². The van der Waals surface area contributed by atoms with Crippen molar-refractivity contribution in [2.75, 3.05) is 14.2 Å². The summed E-state index contributed by atoms with van der Waals surface area (Å²) in [5.74, 6) is 1.74. The highest BCUT2D eigenvalue weighted by atomic mass is 19.4. The van der Waals surface area contributed by atoms with Gasteiger partial charge in [0.1, 0.15) is 11.6 Å². The summed E-state index contributed by atoms with van der Waals surface area (Å²) in [6.07, 6.45) is 2.20. The van der Waals surface area contributed by atoms with Crippen LogP contribution in [-0.2, 0) is 12.7 Å². The van der Waals surface area contributed by atoms with Crippen LogP contribution in [0.2, 0.25) is 0 Å². The van der Waals surface area contributed by atoms with Gasteiger partial charge in [0.25, 0.3) is 0 Å². The molecule has 0 bridgehead atoms. The van der Waals surface area contributed by atoms with Crippen molar-refractivity contribution < 1.29 is 22.6 Å². The fourth-order valence-electron chi connectivity index (χ4n) is 4.70. The summed E-state index contributed by atoms with van der Waals surface area (Å²) in [7, 11) is 3.17. The van der Waals surface area contributed by atoms with Crippen molar-refractivity contribution in [1.29, 1.82) is 0 Å². The number of nitrogens with zero attached hydrogens (tertiary/aromatic N) is 4. The fourth-order valence-corrected chi connectivity index (χ4v) is 4.70. The Bertz CT molecular complexity index is 1450. The summed E-state index contributed by atoms with van der Waals surface area (Å²) in [4.78, 5) is 8.76. The molecular formula is C28H25F3N4O2. The molecule has 6 nitrogen and oxygen atoms in total. The first-order valence-electron chi connectivity index (χ1n) is 11.8. The molecule has 9 heteroatoms. The Morgan fingerprint density at radius 3 is 2.62 bits per heavy atom. The Morgan fingerprint density at radius 2 is 1.84 bits per heavy atom. The van der Waals surface area contributed by atoms with Crippen molar-refractivity contribution >= 4 is 12.2 Å². The standard InChI is InChI=1S/C28H25F3N4O2/c1-36-24-16-18(9-11-20(24)19-13-14-32-26(17-19)37-2)10-12-25-33-27-22(7-5-15-35(27)34-25)21-6-3-4-8-23(21)28(29,30)31/h3-4,6,8-14,16-17,22H,5,7,15H2,1-2H3/b12-10+. The third-order valence-electron chi connectivity index (χ3n) is 6.44. The molecule has 37 heavy (non-hydrogen) atoms. The zero-order valence-electron chi connectivity index (χ0n) is 20.4. The molecule has 0 amide bonds. The highest BCUT2D eigenvalue weighted by Gasteiger charge is 2.37. The van der Waals surface area contributed by atoms with E-state index < -0.39 is 17.7 Å². The quantitative estimate of drug-likeness (QED) is 0.300. The maximum atomic E-state index is 13.7. The van der Waals surface area contributed by atoms with Crippen molar-refractivity contribution in [1.82, 2.24) is 19.7 Å². The predicted molar refractivity (Wildman–Crippen MR) is 134 cm³/mol. The summed E-state index contributed by atoms with van der Waals surface area (Å²) in [5, 5.41) is 4.55. The Labute approximate surface area is 212 Å². The summed E-state index contributed by atoms with van der Waals surface area (Å²) in [5.41, 5.74) is 2.29. The van der Waals surface area contributed by atoms with Crippen molar-refractivity contribution in [3.8, 4) is 22.8 Å². The molecule has 2 aromatic carbocycles. The van der Waals surface area contributed by atoms with Crippen LogP contribution in [0, 0.1) is 0 Å². The number of rotatable bonds is 6. The molecule has 1 unspecified atom stereocenters. The van der Waals surface area contributed by atoms with Gasteiger partial charge in [-0.15, -0.1) is 0 Å². The molecule has 1 aliphatic heterocycles. The van der Waals surface area contributed by atoms with Gasteiger partial charge in [0.05, 0.1) is 19.8 Å². The van der Waals surface area contributed by atoms with Crippen molar-refractivity contribution in [2.45, 2.75) is 31.5 Å². The maximum Gasteiger partial charge on any atom is 0.416 e. The first kappa shape index (κ1) is 24.5. The topological polar surface area (TPSA) is 62.1 Å². The van der Waals surface area contributed by atoms with Crippen LogP contribution in [0.5, 0.6) is 11.6 Å². The normalized spacial score (nSPS) is 15.5. The molecule has 1 aliphatic rings. The van der Waals surface area contributed by atoms with E-state index in [1.807, 2.05) is 36.4 Å². The Hall–Kier alpha value is -4.14. The molecule has 0 fully saturated rings. The van der Waals surface area contributed by atoms with Gasteiger partial charge < -0.3 is 9.47 Å². The molecule has 1 atom stereocenters. The Kier molecular flexibility index (Phi) is 6.69. The molecule has 0 spiro atoms. The number of hydrogen-bond acceptors (Lipinski definition) is 5. The van der Waals surface area contributed by atoms with E-state index >= 15 is 0 Å². The average molecular weight is 507 g/mol. The van der Waals surface area contributed by atoms with Gasteiger partial charge in [0.15, 0.2) is 5.82 Å². The molecular weight excluding hydrogens is 481 g/mol. The molecule has 190 valence electrons. The smallest absolute Gasteiger partial charge is 0.416 e. The first-order chi connectivity index (χ1) is 17.9. The number of aromatic nitrogens is 4. The summed E-state index contributed by atoms with van der Waals surface area (Å²) >= 11 is 0. The lowest BCUT2D eigenvalue weighted by molar-refractivity contribution is -0.138. The number of hydrogen-bond donors (Lipinski definition) is 0. The van der Waals surface area contributed by atoms with Crippen LogP contribution < -0.4 is 9.47 Å². The first-order valence-corrected chi connectivity index (χ1v) is 11.8. The number of pyridine rings is 1. The van der Waals surface area contributed by atoms with E-state index in [2.05, 4.69) is 15.1 Å². The lowest BCUT2D eigenvalue weighted by Gasteiger charge is -2.25. The lowest BCUT2D eigenvalue weighted by atomic mass is 9.88. The summed E-state index contributed by atoms with van der Waals surface area (Å²) in [6, 6.07) is 15.2. The zero-order valence-corrected chi connectivity index (χ0v) is 20.4. The molecule has 0 saturated carbocycles. The zero-order chi connectivity index (χ0) is 26.0. The summed E-state index contributed by atoms with van der Waals surface area (Å²) in [6.45, 7) is 0.624. The van der Waals surface area contributed by atoms with Gasteiger partial charge in [-0.2, -0.15) is 18.3 Å². The largest absolute Gasteiger partial charge is 0.496 e. The molecule has 2 aromatic heterocycles. The lowest BCUT2D eigenvalue weighted by Crippen LogP contribution is -2.21. The third-order valence-corrected chi connectivity index (χ3v) is 6.44. The number of aryl methyl sites for hydroxylation is 1. The highest BCUT2D eigenvalue weighted by molar-refractivity contribution is 5.75. The van der Waals surface area contributed by atoms with Crippen molar-refractivity contribution in [3.63, 3.8) is 0 Å². The van der Waals surface area contributed by atoms with Crippen LogP contribution in [0.3, 0.4) is 0 Å². The number of ether oxygens (including phenoxy) is 2. The van der Waals surface area contributed by atoms with Gasteiger partial charge in [0.2, 0.25) is 5.88 Å². The van der Waals surface area contributed by atoms with Crippen LogP contribution in [0.25, 0.3) is 23.3 Å². The third kappa shape index (κ3) is 5.07. The maximum absolute atomic E-state index is 13.7. The second kappa shape index (κ2) is 10.1. The van der Waals surface area contributed by atoms with Crippen LogP contribution in [0.4, 0.5) is 13.2 Å². The van der Waals surface area contributed by atoms with Crippen LogP contribution in [-0.4, -0.2) is 34.0 Å². The van der Waals surface area contributed by atoms with Gasteiger partial charge in [-0.3, -0.25) is 0 Å². The molecule has 0 saturated heterocycles. The van der Waals surface area contributed by atoms with E-state index in [0.717, 1.165) is 29.2 Å². The van der Waals surface area contributed by atoms with E-state index in [0.29, 0.717) is 36.2 Å². The highest BCUT2D eigenvalue weighted by Crippen LogP contribution is 2.40. The van der Waals surface area contributed by atoms with E-state index in [1.165, 1.54) is 6.07 Å². The minimum Gasteiger partial charge on any atom is -0.496 e. The van der Waals surface area contributed by atoms with Crippen LogP contribution in [0.1, 0.15) is 47.1 Å². The van der Waals surface area contributed by atoms with Gasteiger partial charge in [-0.25, -0.2) is 14.6 Å². The number of fused-ring (bicyclic) bond motifs is 1. The minimum atomic E-state index is -4.42. The number of benzene rings is 2. The molecule has 3 heterocycles. The van der Waals surface area contributed by atoms with E-state index in [9.17, 15) is 13.2 Å². The number of alkyl halides is 3. The second-order valence-electron chi connectivity index (χ2n) is 8.71. The van der Waals surface area contributed by atoms with Crippen LogP contribution in [0.15, 0.2) is 60.8 Å². The Balaban J connectivity index is 1.43. The predicted octanol–water partition coefficient (Wildman–Crippen LogP) is 6.47. The minimum absolute atomic E-state index is 0.243. The van der Waals surface area contributed by atoms with Gasteiger partial charge in [0, 0.05) is 30.3 Å². The fraction of sp³-hybridized carbons (Fsp3) is 0.250. The number of halogens is 3. The summed E-state index contributed by atoms with van der Waals surface area (Å²) < 4.78 is 53.5. The van der Waals surface area contributed by atoms with E-state index in [1.54, 1.807) is 43.3 Å².